The summed E-state index contributed by atoms with van der Waals surface area (Å²) < 4.78 is 36.5. The fraction of sp³-hybridized carbons (Fsp3) is 0.600. The van der Waals surface area contributed by atoms with Gasteiger partial charge in [0.15, 0.2) is 17.3 Å². The molecule has 0 aromatic heterocycles. The third kappa shape index (κ3) is 2.87. The first-order valence-corrected chi connectivity index (χ1v) is 7.07. The molecule has 1 fully saturated rings. The average Bonchev–Trinajstić information content (AvgIpc) is 2.61. The lowest BCUT2D eigenvalue weighted by atomic mass is 9.79. The maximum absolute atomic E-state index is 14.2. The van der Waals surface area contributed by atoms with Crippen LogP contribution in [-0.2, 0) is 9.31 Å². The van der Waals surface area contributed by atoms with Crippen molar-refractivity contribution in [2.45, 2.75) is 45.8 Å². The minimum Gasteiger partial charge on any atom is -0.493 e. The van der Waals surface area contributed by atoms with Crippen molar-refractivity contribution in [3.05, 3.63) is 17.9 Å². The fourth-order valence-corrected chi connectivity index (χ4v) is 2.14. The second-order valence-electron chi connectivity index (χ2n) is 6.06. The normalized spacial score (nSPS) is 19.7. The minimum atomic E-state index is -0.630. The molecule has 1 aromatic rings. The maximum Gasteiger partial charge on any atom is 0.495 e. The van der Waals surface area contributed by atoms with E-state index in [1.165, 1.54) is 13.2 Å². The van der Waals surface area contributed by atoms with Gasteiger partial charge in [-0.2, -0.15) is 0 Å². The Labute approximate surface area is 125 Å². The van der Waals surface area contributed by atoms with Gasteiger partial charge in [-0.1, -0.05) is 0 Å². The number of rotatable bonds is 4. The van der Waals surface area contributed by atoms with E-state index in [-0.39, 0.29) is 5.75 Å². The first-order chi connectivity index (χ1) is 9.71. The highest BCUT2D eigenvalue weighted by Crippen LogP contribution is 2.37. The quantitative estimate of drug-likeness (QED) is 0.800. The van der Waals surface area contributed by atoms with Gasteiger partial charge in [-0.3, -0.25) is 0 Å². The molecule has 21 heavy (non-hydrogen) atoms. The predicted molar refractivity (Wildman–Crippen MR) is 79.8 cm³/mol. The topological polar surface area (TPSA) is 36.9 Å². The molecule has 1 heterocycles. The number of ether oxygens (including phenoxy) is 2. The standard InChI is InChI=1S/C15H22BFO4/c1-7-19-13-11(17)8-10(9-12(13)18-6)16-20-14(2,3)15(4,5)21-16/h8-9H,7H2,1-6H3. The lowest BCUT2D eigenvalue weighted by Gasteiger charge is -2.32. The Hall–Kier alpha value is -1.27. The van der Waals surface area contributed by atoms with E-state index in [1.807, 2.05) is 27.7 Å². The molecule has 1 aromatic carbocycles. The highest BCUT2D eigenvalue weighted by atomic mass is 19.1. The first kappa shape index (κ1) is 16.1. The fourth-order valence-electron chi connectivity index (χ4n) is 2.14. The number of hydrogen-bond donors (Lipinski definition) is 0. The van der Waals surface area contributed by atoms with Crippen molar-refractivity contribution in [3.8, 4) is 11.5 Å². The molecular weight excluding hydrogens is 274 g/mol. The SMILES string of the molecule is CCOc1c(F)cc(B2OC(C)(C)C(C)(C)O2)cc1OC. The summed E-state index contributed by atoms with van der Waals surface area (Å²) in [6, 6.07) is 3.06. The van der Waals surface area contributed by atoms with Crippen LogP contribution in [-0.4, -0.2) is 32.0 Å². The zero-order valence-electron chi connectivity index (χ0n) is 13.5. The zero-order valence-corrected chi connectivity index (χ0v) is 13.5. The van der Waals surface area contributed by atoms with Crippen LogP contribution in [0, 0.1) is 5.82 Å². The summed E-state index contributed by atoms with van der Waals surface area (Å²) in [5, 5.41) is 0. The molecule has 1 aliphatic rings. The minimum absolute atomic E-state index is 0.111. The van der Waals surface area contributed by atoms with Crippen molar-refractivity contribution in [2.24, 2.45) is 0 Å². The molecule has 116 valence electrons. The molecule has 4 nitrogen and oxygen atoms in total. The van der Waals surface area contributed by atoms with E-state index in [9.17, 15) is 4.39 Å². The number of hydrogen-bond acceptors (Lipinski definition) is 4. The van der Waals surface area contributed by atoms with Gasteiger partial charge < -0.3 is 18.8 Å². The Morgan fingerprint density at radius 1 is 1.14 bits per heavy atom. The molecule has 0 atom stereocenters. The summed E-state index contributed by atoms with van der Waals surface area (Å²) in [4.78, 5) is 0. The van der Waals surface area contributed by atoms with Gasteiger partial charge in [0.25, 0.3) is 0 Å². The van der Waals surface area contributed by atoms with E-state index < -0.39 is 24.1 Å². The van der Waals surface area contributed by atoms with Gasteiger partial charge in [-0.25, -0.2) is 4.39 Å². The summed E-state index contributed by atoms with van der Waals surface area (Å²) in [5.74, 6) is -0.0391. The monoisotopic (exact) mass is 296 g/mol. The van der Waals surface area contributed by atoms with E-state index in [4.69, 9.17) is 18.8 Å². The maximum atomic E-state index is 14.2. The molecule has 1 saturated heterocycles. The Balaban J connectivity index is 2.36. The largest absolute Gasteiger partial charge is 0.495 e. The van der Waals surface area contributed by atoms with Crippen molar-refractivity contribution in [3.63, 3.8) is 0 Å². The molecule has 0 bridgehead atoms. The molecule has 0 radical (unpaired) electrons. The van der Waals surface area contributed by atoms with Crippen molar-refractivity contribution in [2.75, 3.05) is 13.7 Å². The van der Waals surface area contributed by atoms with Gasteiger partial charge in [-0.05, 0) is 52.2 Å². The molecule has 2 rings (SSSR count). The Bertz CT molecular complexity index is 515. The highest BCUT2D eigenvalue weighted by molar-refractivity contribution is 6.62. The molecule has 0 aliphatic carbocycles. The van der Waals surface area contributed by atoms with E-state index in [2.05, 4.69) is 0 Å². The zero-order chi connectivity index (χ0) is 15.8. The van der Waals surface area contributed by atoms with Crippen molar-refractivity contribution in [1.82, 2.24) is 0 Å². The van der Waals surface area contributed by atoms with Crippen LogP contribution in [0.4, 0.5) is 4.39 Å². The van der Waals surface area contributed by atoms with Gasteiger partial charge in [0.1, 0.15) is 0 Å². The molecule has 1 aliphatic heterocycles. The Kier molecular flexibility index (Phi) is 4.22. The van der Waals surface area contributed by atoms with Crippen LogP contribution in [0.5, 0.6) is 11.5 Å². The van der Waals surface area contributed by atoms with Gasteiger partial charge in [-0.15, -0.1) is 0 Å². The molecule has 0 N–H and O–H groups in total. The number of halogens is 1. The Morgan fingerprint density at radius 3 is 2.19 bits per heavy atom. The molecular formula is C15H22BFO4. The second-order valence-corrected chi connectivity index (χ2v) is 6.06. The smallest absolute Gasteiger partial charge is 0.493 e. The summed E-state index contributed by atoms with van der Waals surface area (Å²) in [6.45, 7) is 9.97. The van der Waals surface area contributed by atoms with Crippen LogP contribution in [0.1, 0.15) is 34.6 Å². The van der Waals surface area contributed by atoms with Crippen LogP contribution in [0.15, 0.2) is 12.1 Å². The molecule has 0 spiro atoms. The van der Waals surface area contributed by atoms with Gasteiger partial charge >= 0.3 is 7.12 Å². The molecule has 0 amide bonds. The number of methoxy groups -OCH3 is 1. The second kappa shape index (κ2) is 5.50. The summed E-state index contributed by atoms with van der Waals surface area (Å²) in [6.07, 6.45) is 0. The van der Waals surface area contributed by atoms with E-state index in [1.54, 1.807) is 13.0 Å². The predicted octanol–water partition coefficient (Wildman–Crippen LogP) is 2.53. The lowest BCUT2D eigenvalue weighted by Crippen LogP contribution is -2.41. The van der Waals surface area contributed by atoms with Gasteiger partial charge in [0.05, 0.1) is 24.9 Å². The number of benzene rings is 1. The summed E-state index contributed by atoms with van der Waals surface area (Å²) in [7, 11) is 0.847. The summed E-state index contributed by atoms with van der Waals surface area (Å²) >= 11 is 0. The van der Waals surface area contributed by atoms with Gasteiger partial charge in [0, 0.05) is 0 Å². The van der Waals surface area contributed by atoms with Crippen LogP contribution >= 0.6 is 0 Å². The van der Waals surface area contributed by atoms with E-state index in [0.29, 0.717) is 17.8 Å². The van der Waals surface area contributed by atoms with Gasteiger partial charge in [0.2, 0.25) is 0 Å². The van der Waals surface area contributed by atoms with Crippen molar-refractivity contribution >= 4 is 12.6 Å². The molecule has 0 unspecified atom stereocenters. The molecule has 0 saturated carbocycles. The highest BCUT2D eigenvalue weighted by Gasteiger charge is 2.52. The van der Waals surface area contributed by atoms with Crippen molar-refractivity contribution < 1.29 is 23.2 Å². The van der Waals surface area contributed by atoms with Crippen molar-refractivity contribution in [1.29, 1.82) is 0 Å². The molecule has 6 heteroatoms. The van der Waals surface area contributed by atoms with E-state index in [0.717, 1.165) is 0 Å². The van der Waals surface area contributed by atoms with Crippen LogP contribution in [0.25, 0.3) is 0 Å². The third-order valence-corrected chi connectivity index (χ3v) is 4.07. The van der Waals surface area contributed by atoms with Crippen LogP contribution in [0.3, 0.4) is 0 Å². The van der Waals surface area contributed by atoms with Crippen LogP contribution < -0.4 is 14.9 Å². The van der Waals surface area contributed by atoms with Crippen LogP contribution in [0.2, 0.25) is 0 Å². The average molecular weight is 296 g/mol. The Morgan fingerprint density at radius 2 is 1.71 bits per heavy atom. The van der Waals surface area contributed by atoms with E-state index >= 15 is 0 Å². The third-order valence-electron chi connectivity index (χ3n) is 4.07. The lowest BCUT2D eigenvalue weighted by molar-refractivity contribution is 0.00578. The first-order valence-electron chi connectivity index (χ1n) is 7.07. The summed E-state index contributed by atoms with van der Waals surface area (Å²) in [5.41, 5.74) is -0.369.